The molecule has 1 aliphatic heterocycles. The van der Waals surface area contributed by atoms with E-state index in [1.54, 1.807) is 12.3 Å². The predicted molar refractivity (Wildman–Crippen MR) is 80.9 cm³/mol. The van der Waals surface area contributed by atoms with Crippen LogP contribution >= 0.6 is 0 Å². The first kappa shape index (κ1) is 15.0. The highest BCUT2D eigenvalue weighted by atomic mass is 16.6. The second-order valence-corrected chi connectivity index (χ2v) is 5.76. The van der Waals surface area contributed by atoms with Crippen LogP contribution in [0.4, 0.5) is 11.5 Å². The highest BCUT2D eigenvalue weighted by Crippen LogP contribution is 2.23. The standard InChI is InChI=1S/C15H19N3O3/c1-15(2,3)21-13(20)5-4-10-8-11-14(17-9-10)18-12(19)6-7-16-11/h4-5,8-9,16H,6-7H2,1-3H3,(H,17,18,19)/b5-4+. The van der Waals surface area contributed by atoms with Crippen molar-refractivity contribution in [2.45, 2.75) is 32.8 Å². The molecule has 1 aromatic heterocycles. The number of rotatable bonds is 2. The molecule has 0 aromatic carbocycles. The lowest BCUT2D eigenvalue weighted by atomic mass is 10.2. The Morgan fingerprint density at radius 1 is 1.43 bits per heavy atom. The zero-order valence-electron chi connectivity index (χ0n) is 12.4. The van der Waals surface area contributed by atoms with E-state index in [0.29, 0.717) is 18.8 Å². The van der Waals surface area contributed by atoms with Crippen LogP contribution in [0.15, 0.2) is 18.3 Å². The summed E-state index contributed by atoms with van der Waals surface area (Å²) in [5.41, 5.74) is 0.981. The molecule has 0 radical (unpaired) electrons. The van der Waals surface area contributed by atoms with Gasteiger partial charge < -0.3 is 15.4 Å². The Balaban J connectivity index is 2.10. The predicted octanol–water partition coefficient (Wildman–Crippen LogP) is 2.19. The maximum absolute atomic E-state index is 11.6. The van der Waals surface area contributed by atoms with Gasteiger partial charge in [-0.1, -0.05) is 0 Å². The van der Waals surface area contributed by atoms with Crippen LogP contribution in [0.3, 0.4) is 0 Å². The Labute approximate surface area is 123 Å². The van der Waals surface area contributed by atoms with Crippen LogP contribution in [-0.4, -0.2) is 29.0 Å². The lowest BCUT2D eigenvalue weighted by Gasteiger charge is -2.17. The maximum atomic E-state index is 11.6. The van der Waals surface area contributed by atoms with Crippen LogP contribution in [0.1, 0.15) is 32.8 Å². The molecular formula is C15H19N3O3. The molecule has 0 atom stereocenters. The van der Waals surface area contributed by atoms with Gasteiger partial charge in [0.1, 0.15) is 5.60 Å². The summed E-state index contributed by atoms with van der Waals surface area (Å²) < 4.78 is 5.19. The number of hydrogen-bond acceptors (Lipinski definition) is 5. The number of aromatic nitrogens is 1. The molecule has 0 spiro atoms. The Morgan fingerprint density at radius 2 is 2.19 bits per heavy atom. The summed E-state index contributed by atoms with van der Waals surface area (Å²) in [6.07, 6.45) is 4.99. The average Bonchev–Trinajstić information content (AvgIpc) is 2.54. The molecule has 21 heavy (non-hydrogen) atoms. The number of esters is 1. The maximum Gasteiger partial charge on any atom is 0.331 e. The Kier molecular flexibility index (Phi) is 4.26. The summed E-state index contributed by atoms with van der Waals surface area (Å²) in [4.78, 5) is 27.2. The smallest absolute Gasteiger partial charge is 0.331 e. The van der Waals surface area contributed by atoms with Crippen molar-refractivity contribution >= 4 is 29.5 Å². The first-order chi connectivity index (χ1) is 9.83. The van der Waals surface area contributed by atoms with Gasteiger partial charge in [0.15, 0.2) is 5.82 Å². The molecule has 2 rings (SSSR count). The van der Waals surface area contributed by atoms with Gasteiger partial charge in [0.2, 0.25) is 5.91 Å². The summed E-state index contributed by atoms with van der Waals surface area (Å²) in [6, 6.07) is 1.83. The summed E-state index contributed by atoms with van der Waals surface area (Å²) in [7, 11) is 0. The first-order valence-electron chi connectivity index (χ1n) is 6.78. The van der Waals surface area contributed by atoms with E-state index in [2.05, 4.69) is 15.6 Å². The molecular weight excluding hydrogens is 270 g/mol. The van der Waals surface area contributed by atoms with E-state index < -0.39 is 11.6 Å². The van der Waals surface area contributed by atoms with E-state index >= 15 is 0 Å². The molecule has 0 saturated heterocycles. The third-order valence-electron chi connectivity index (χ3n) is 2.65. The van der Waals surface area contributed by atoms with Gasteiger partial charge in [-0.05, 0) is 38.5 Å². The normalized spacial score (nSPS) is 14.9. The van der Waals surface area contributed by atoms with Crippen LogP contribution < -0.4 is 10.6 Å². The van der Waals surface area contributed by atoms with E-state index in [1.165, 1.54) is 6.08 Å². The number of carbonyl (C=O) groups excluding carboxylic acids is 2. The van der Waals surface area contributed by atoms with Gasteiger partial charge >= 0.3 is 5.97 Å². The molecule has 6 heteroatoms. The number of anilines is 2. The largest absolute Gasteiger partial charge is 0.457 e. The van der Waals surface area contributed by atoms with E-state index in [4.69, 9.17) is 4.74 Å². The summed E-state index contributed by atoms with van der Waals surface area (Å²) in [6.45, 7) is 6.00. The number of pyridine rings is 1. The topological polar surface area (TPSA) is 80.3 Å². The van der Waals surface area contributed by atoms with Crippen molar-refractivity contribution in [3.63, 3.8) is 0 Å². The van der Waals surface area contributed by atoms with Crippen LogP contribution in [-0.2, 0) is 14.3 Å². The quantitative estimate of drug-likeness (QED) is 0.644. The number of fused-ring (bicyclic) bond motifs is 1. The molecule has 112 valence electrons. The van der Waals surface area contributed by atoms with Gasteiger partial charge in [0.05, 0.1) is 5.69 Å². The first-order valence-corrected chi connectivity index (χ1v) is 6.78. The summed E-state index contributed by atoms with van der Waals surface area (Å²) in [5, 5.41) is 5.84. The van der Waals surface area contributed by atoms with Crippen molar-refractivity contribution in [3.8, 4) is 0 Å². The van der Waals surface area contributed by atoms with E-state index in [1.807, 2.05) is 26.8 Å². The van der Waals surface area contributed by atoms with Crippen molar-refractivity contribution in [1.29, 1.82) is 0 Å². The molecule has 0 fully saturated rings. The number of nitrogens with one attached hydrogen (secondary N) is 2. The number of hydrogen-bond donors (Lipinski definition) is 2. The minimum absolute atomic E-state index is 0.0641. The molecule has 2 heterocycles. The molecule has 0 unspecified atom stereocenters. The van der Waals surface area contributed by atoms with Crippen LogP contribution in [0.2, 0.25) is 0 Å². The second-order valence-electron chi connectivity index (χ2n) is 5.76. The number of amides is 1. The third kappa shape index (κ3) is 4.59. The van der Waals surface area contributed by atoms with Gasteiger partial charge in [-0.25, -0.2) is 9.78 Å². The summed E-state index contributed by atoms with van der Waals surface area (Å²) >= 11 is 0. The average molecular weight is 289 g/mol. The van der Waals surface area contributed by atoms with Crippen molar-refractivity contribution in [3.05, 3.63) is 23.9 Å². The van der Waals surface area contributed by atoms with Crippen LogP contribution in [0.25, 0.3) is 6.08 Å². The second kappa shape index (κ2) is 5.95. The van der Waals surface area contributed by atoms with Gasteiger partial charge in [-0.2, -0.15) is 0 Å². The fraction of sp³-hybridized carbons (Fsp3) is 0.400. The van der Waals surface area contributed by atoms with Gasteiger partial charge in [0.25, 0.3) is 0 Å². The number of ether oxygens (including phenoxy) is 1. The summed E-state index contributed by atoms with van der Waals surface area (Å²) in [5.74, 6) is 0.0384. The molecule has 0 aliphatic carbocycles. The van der Waals surface area contributed by atoms with Gasteiger partial charge in [-0.3, -0.25) is 4.79 Å². The number of nitrogens with zero attached hydrogens (tertiary/aromatic N) is 1. The highest BCUT2D eigenvalue weighted by molar-refractivity contribution is 5.95. The Bertz CT molecular complexity index is 588. The van der Waals surface area contributed by atoms with E-state index in [0.717, 1.165) is 11.3 Å². The molecule has 2 N–H and O–H groups in total. The zero-order chi connectivity index (χ0) is 15.5. The van der Waals surface area contributed by atoms with Gasteiger partial charge in [-0.15, -0.1) is 0 Å². The third-order valence-corrected chi connectivity index (χ3v) is 2.65. The molecule has 1 aliphatic rings. The fourth-order valence-corrected chi connectivity index (χ4v) is 1.81. The van der Waals surface area contributed by atoms with Crippen LogP contribution in [0, 0.1) is 0 Å². The lowest BCUT2D eigenvalue weighted by molar-refractivity contribution is -0.148. The lowest BCUT2D eigenvalue weighted by Crippen LogP contribution is -2.22. The molecule has 0 saturated carbocycles. The van der Waals surface area contributed by atoms with Crippen molar-refractivity contribution in [2.75, 3.05) is 17.2 Å². The van der Waals surface area contributed by atoms with E-state index in [9.17, 15) is 9.59 Å². The minimum atomic E-state index is -0.515. The Morgan fingerprint density at radius 3 is 2.90 bits per heavy atom. The molecule has 1 aromatic rings. The van der Waals surface area contributed by atoms with Crippen molar-refractivity contribution < 1.29 is 14.3 Å². The SMILES string of the molecule is CC(C)(C)OC(=O)/C=C/c1cnc2c(c1)NCCC(=O)N2. The molecule has 0 bridgehead atoms. The fourth-order valence-electron chi connectivity index (χ4n) is 1.81. The monoisotopic (exact) mass is 289 g/mol. The van der Waals surface area contributed by atoms with Gasteiger partial charge in [0, 0.05) is 25.2 Å². The highest BCUT2D eigenvalue weighted by Gasteiger charge is 2.15. The minimum Gasteiger partial charge on any atom is -0.457 e. The van der Waals surface area contributed by atoms with E-state index in [-0.39, 0.29) is 5.91 Å². The Hall–Kier alpha value is -2.37. The molecule has 1 amide bonds. The van der Waals surface area contributed by atoms with Crippen molar-refractivity contribution in [1.82, 2.24) is 4.98 Å². The number of carbonyl (C=O) groups is 2. The zero-order valence-corrected chi connectivity index (χ0v) is 12.4. The molecule has 6 nitrogen and oxygen atoms in total. The van der Waals surface area contributed by atoms with Crippen molar-refractivity contribution in [2.24, 2.45) is 0 Å². The van der Waals surface area contributed by atoms with Crippen LogP contribution in [0.5, 0.6) is 0 Å².